The first-order valence-corrected chi connectivity index (χ1v) is 8.22. The van der Waals surface area contributed by atoms with E-state index in [1.165, 1.54) is 24.3 Å². The number of phenolic OH excluding ortho intramolecular Hbond substituents is 1. The van der Waals surface area contributed by atoms with Gasteiger partial charge in [0.1, 0.15) is 11.5 Å². The fourth-order valence-electron chi connectivity index (χ4n) is 1.91. The Morgan fingerprint density at radius 2 is 1.85 bits per heavy atom. The minimum absolute atomic E-state index is 0.0493. The molecular formula is C17H16ClN3O4S. The van der Waals surface area contributed by atoms with Crippen molar-refractivity contribution >= 4 is 40.7 Å². The Bertz CT molecular complexity index is 827. The van der Waals surface area contributed by atoms with Gasteiger partial charge in [-0.15, -0.1) is 0 Å². The van der Waals surface area contributed by atoms with Gasteiger partial charge in [-0.3, -0.25) is 25.8 Å². The van der Waals surface area contributed by atoms with Gasteiger partial charge in [0.25, 0.3) is 11.8 Å². The highest BCUT2D eigenvalue weighted by Gasteiger charge is 2.09. The molecule has 7 nitrogen and oxygen atoms in total. The number of thiocarbonyl (C=S) groups is 1. The number of aromatic hydroxyl groups is 1. The molecule has 2 rings (SSSR count). The molecule has 0 atom stereocenters. The van der Waals surface area contributed by atoms with Crippen molar-refractivity contribution in [1.82, 2.24) is 16.2 Å². The van der Waals surface area contributed by atoms with Crippen LogP contribution in [-0.2, 0) is 4.79 Å². The number of hydrogen-bond donors (Lipinski definition) is 4. The predicted octanol–water partition coefficient (Wildman–Crippen LogP) is 2.07. The Balaban J connectivity index is 1.75. The average Bonchev–Trinajstić information content (AvgIpc) is 2.59. The first-order valence-electron chi connectivity index (χ1n) is 7.43. The number of ether oxygens (including phenoxy) is 1. The summed E-state index contributed by atoms with van der Waals surface area (Å²) in [6, 6.07) is 10.7. The van der Waals surface area contributed by atoms with Crippen LogP contribution in [0.5, 0.6) is 11.5 Å². The van der Waals surface area contributed by atoms with E-state index >= 15 is 0 Å². The molecule has 0 saturated carbocycles. The number of amides is 2. The molecule has 9 heteroatoms. The molecule has 0 unspecified atom stereocenters. The quantitative estimate of drug-likeness (QED) is 0.469. The largest absolute Gasteiger partial charge is 0.508 e. The topological polar surface area (TPSA) is 99.7 Å². The second kappa shape index (κ2) is 9.02. The van der Waals surface area contributed by atoms with E-state index in [9.17, 15) is 14.7 Å². The van der Waals surface area contributed by atoms with E-state index in [0.717, 1.165) is 5.56 Å². The van der Waals surface area contributed by atoms with Gasteiger partial charge in [0.05, 0.1) is 0 Å². The number of aryl methyl sites for hydroxylation is 1. The van der Waals surface area contributed by atoms with Gasteiger partial charge in [0.2, 0.25) is 0 Å². The van der Waals surface area contributed by atoms with Gasteiger partial charge in [-0.25, -0.2) is 0 Å². The molecule has 2 aromatic carbocycles. The number of hydrogen-bond acceptors (Lipinski definition) is 5. The maximum Gasteiger partial charge on any atom is 0.269 e. The molecule has 26 heavy (non-hydrogen) atoms. The second-order valence-corrected chi connectivity index (χ2v) is 6.05. The second-order valence-electron chi connectivity index (χ2n) is 5.20. The predicted molar refractivity (Wildman–Crippen MR) is 101 cm³/mol. The van der Waals surface area contributed by atoms with Crippen molar-refractivity contribution in [3.63, 3.8) is 0 Å². The summed E-state index contributed by atoms with van der Waals surface area (Å²) >= 11 is 10.8. The summed E-state index contributed by atoms with van der Waals surface area (Å²) in [5.74, 6) is -0.386. The Labute approximate surface area is 160 Å². The smallest absolute Gasteiger partial charge is 0.269 e. The van der Waals surface area contributed by atoms with Crippen LogP contribution in [0.2, 0.25) is 5.02 Å². The summed E-state index contributed by atoms with van der Waals surface area (Å²) < 4.78 is 5.39. The van der Waals surface area contributed by atoms with E-state index in [0.29, 0.717) is 16.3 Å². The molecule has 0 aliphatic rings. The lowest BCUT2D eigenvalue weighted by Crippen LogP contribution is -2.49. The molecule has 0 heterocycles. The Morgan fingerprint density at radius 1 is 1.15 bits per heavy atom. The fraction of sp³-hybridized carbons (Fsp3) is 0.118. The van der Waals surface area contributed by atoms with Gasteiger partial charge in [0, 0.05) is 10.6 Å². The zero-order valence-corrected chi connectivity index (χ0v) is 15.3. The van der Waals surface area contributed by atoms with Crippen molar-refractivity contribution in [3.8, 4) is 11.5 Å². The van der Waals surface area contributed by atoms with Crippen molar-refractivity contribution in [2.24, 2.45) is 0 Å². The van der Waals surface area contributed by atoms with Gasteiger partial charge in [-0.2, -0.15) is 0 Å². The minimum atomic E-state index is -0.490. The number of benzene rings is 2. The van der Waals surface area contributed by atoms with Crippen LogP contribution in [0.4, 0.5) is 0 Å². The monoisotopic (exact) mass is 393 g/mol. The van der Waals surface area contributed by atoms with Gasteiger partial charge >= 0.3 is 0 Å². The lowest BCUT2D eigenvalue weighted by Gasteiger charge is -2.12. The normalized spacial score (nSPS) is 9.92. The van der Waals surface area contributed by atoms with E-state index in [1.54, 1.807) is 18.2 Å². The van der Waals surface area contributed by atoms with Crippen LogP contribution < -0.4 is 20.9 Å². The Morgan fingerprint density at radius 3 is 2.50 bits per heavy atom. The lowest BCUT2D eigenvalue weighted by molar-refractivity contribution is -0.121. The molecule has 4 N–H and O–H groups in total. The third-order valence-corrected chi connectivity index (χ3v) is 3.61. The molecule has 0 radical (unpaired) electrons. The van der Waals surface area contributed by atoms with E-state index in [-0.39, 0.29) is 17.5 Å². The van der Waals surface area contributed by atoms with Crippen molar-refractivity contribution in [2.75, 3.05) is 6.61 Å². The molecule has 0 aliphatic carbocycles. The van der Waals surface area contributed by atoms with Crippen molar-refractivity contribution in [1.29, 1.82) is 0 Å². The highest BCUT2D eigenvalue weighted by molar-refractivity contribution is 7.80. The Kier molecular flexibility index (Phi) is 6.76. The molecule has 0 aromatic heterocycles. The van der Waals surface area contributed by atoms with E-state index in [2.05, 4.69) is 16.2 Å². The number of phenols is 1. The maximum atomic E-state index is 11.9. The zero-order valence-electron chi connectivity index (χ0n) is 13.7. The first-order chi connectivity index (χ1) is 12.3. The molecule has 0 bridgehead atoms. The SMILES string of the molecule is Cc1cc(Cl)ccc1OCC(=O)NC(=S)NNC(=O)c1ccc(O)cc1. The van der Waals surface area contributed by atoms with Crippen LogP contribution in [-0.4, -0.2) is 28.6 Å². The van der Waals surface area contributed by atoms with Gasteiger partial charge in [0.15, 0.2) is 11.7 Å². The number of hydrazine groups is 1. The lowest BCUT2D eigenvalue weighted by atomic mass is 10.2. The van der Waals surface area contributed by atoms with Crippen LogP contribution in [0.25, 0.3) is 0 Å². The summed E-state index contributed by atoms with van der Waals surface area (Å²) in [7, 11) is 0. The minimum Gasteiger partial charge on any atom is -0.508 e. The van der Waals surface area contributed by atoms with Crippen LogP contribution in [0.3, 0.4) is 0 Å². The number of carbonyl (C=O) groups excluding carboxylic acids is 2. The standard InChI is InChI=1S/C17H16ClN3O4S/c1-10-8-12(18)4-7-14(10)25-9-15(23)19-17(26)21-20-16(24)11-2-5-13(22)6-3-11/h2-8,22H,9H2,1H3,(H,20,24)(H2,19,21,23,26). The number of halogens is 1. The van der Waals surface area contributed by atoms with Crippen LogP contribution >= 0.6 is 23.8 Å². The molecule has 2 amide bonds. The zero-order chi connectivity index (χ0) is 19.1. The number of carbonyl (C=O) groups is 2. The Hall–Kier alpha value is -2.84. The number of rotatable bonds is 4. The first kappa shape index (κ1) is 19.5. The summed E-state index contributed by atoms with van der Waals surface area (Å²) in [6.07, 6.45) is 0. The molecular weight excluding hydrogens is 378 g/mol. The van der Waals surface area contributed by atoms with Gasteiger partial charge in [-0.05, 0) is 67.2 Å². The van der Waals surface area contributed by atoms with Gasteiger partial charge in [-0.1, -0.05) is 11.6 Å². The molecule has 0 saturated heterocycles. The fourth-order valence-corrected chi connectivity index (χ4v) is 2.30. The van der Waals surface area contributed by atoms with Gasteiger partial charge < -0.3 is 9.84 Å². The molecule has 2 aromatic rings. The average molecular weight is 394 g/mol. The molecule has 136 valence electrons. The van der Waals surface area contributed by atoms with E-state index in [1.807, 2.05) is 6.92 Å². The summed E-state index contributed by atoms with van der Waals surface area (Å²) in [4.78, 5) is 23.7. The summed E-state index contributed by atoms with van der Waals surface area (Å²) in [5, 5.41) is 12.1. The molecule has 0 spiro atoms. The highest BCUT2D eigenvalue weighted by atomic mass is 35.5. The third-order valence-electron chi connectivity index (χ3n) is 3.17. The maximum absolute atomic E-state index is 11.9. The third kappa shape index (κ3) is 5.91. The van der Waals surface area contributed by atoms with E-state index < -0.39 is 11.8 Å². The molecule has 0 fully saturated rings. The van der Waals surface area contributed by atoms with Crippen LogP contribution in [0.1, 0.15) is 15.9 Å². The summed E-state index contributed by atoms with van der Waals surface area (Å²) in [5.41, 5.74) is 5.85. The summed E-state index contributed by atoms with van der Waals surface area (Å²) in [6.45, 7) is 1.56. The van der Waals surface area contributed by atoms with Crippen molar-refractivity contribution < 1.29 is 19.4 Å². The van der Waals surface area contributed by atoms with Crippen LogP contribution in [0.15, 0.2) is 42.5 Å². The van der Waals surface area contributed by atoms with Crippen LogP contribution in [0, 0.1) is 6.92 Å². The van der Waals surface area contributed by atoms with Crippen molar-refractivity contribution in [3.05, 3.63) is 58.6 Å². The number of nitrogens with one attached hydrogen (secondary N) is 3. The van der Waals surface area contributed by atoms with E-state index in [4.69, 9.17) is 28.6 Å². The van der Waals surface area contributed by atoms with Crippen molar-refractivity contribution in [2.45, 2.75) is 6.92 Å². The molecule has 0 aliphatic heterocycles. The highest BCUT2D eigenvalue weighted by Crippen LogP contribution is 2.21.